The zero-order chi connectivity index (χ0) is 13.8. The summed E-state index contributed by atoms with van der Waals surface area (Å²) in [5, 5.41) is 0.962. The maximum absolute atomic E-state index is 12.1. The molecule has 0 aromatic heterocycles. The van der Waals surface area contributed by atoms with Crippen molar-refractivity contribution < 1.29 is 4.79 Å². The molecule has 0 spiro atoms. The van der Waals surface area contributed by atoms with Gasteiger partial charge in [-0.05, 0) is 24.1 Å². The third kappa shape index (κ3) is 3.82. The Morgan fingerprint density at radius 1 is 1.05 bits per heavy atom. The zero-order valence-corrected chi connectivity index (χ0v) is 12.1. The van der Waals surface area contributed by atoms with Crippen LogP contribution < -0.4 is 0 Å². The number of benzene rings is 2. The van der Waals surface area contributed by atoms with E-state index >= 15 is 0 Å². The van der Waals surface area contributed by atoms with E-state index in [2.05, 4.69) is 0 Å². The maximum Gasteiger partial charge on any atom is 0.141 e. The predicted molar refractivity (Wildman–Crippen MR) is 80.1 cm³/mol. The standard InChI is InChI=1S/C16H14Cl2O/c1-11-4-2-5-12(8-11)9-14(19)10-13-6-3-7-15(17)16(13)18/h2-8H,9-10H2,1H3. The van der Waals surface area contributed by atoms with Crippen molar-refractivity contribution in [2.45, 2.75) is 19.8 Å². The monoisotopic (exact) mass is 292 g/mol. The average molecular weight is 293 g/mol. The van der Waals surface area contributed by atoms with E-state index in [9.17, 15) is 4.79 Å². The fourth-order valence-corrected chi connectivity index (χ4v) is 2.40. The van der Waals surface area contributed by atoms with Crippen molar-refractivity contribution in [2.75, 3.05) is 0 Å². The van der Waals surface area contributed by atoms with Crippen molar-refractivity contribution >= 4 is 29.0 Å². The van der Waals surface area contributed by atoms with Crippen LogP contribution in [0.5, 0.6) is 0 Å². The molecule has 0 radical (unpaired) electrons. The molecule has 0 amide bonds. The quantitative estimate of drug-likeness (QED) is 0.801. The number of rotatable bonds is 4. The second-order valence-corrected chi connectivity index (χ2v) is 5.38. The Morgan fingerprint density at radius 2 is 1.79 bits per heavy atom. The highest BCUT2D eigenvalue weighted by molar-refractivity contribution is 6.42. The van der Waals surface area contributed by atoms with Gasteiger partial charge in [0.1, 0.15) is 5.78 Å². The second kappa shape index (κ2) is 6.23. The molecular weight excluding hydrogens is 279 g/mol. The molecule has 98 valence electrons. The summed E-state index contributed by atoms with van der Waals surface area (Å²) in [6.07, 6.45) is 0.734. The first kappa shape index (κ1) is 14.1. The van der Waals surface area contributed by atoms with Crippen LogP contribution in [0, 0.1) is 6.92 Å². The van der Waals surface area contributed by atoms with Crippen molar-refractivity contribution in [1.29, 1.82) is 0 Å². The number of Topliss-reactive ketones (excluding diaryl/α,β-unsaturated/α-hetero) is 1. The number of carbonyl (C=O) groups is 1. The Hall–Kier alpha value is -1.31. The summed E-state index contributed by atoms with van der Waals surface area (Å²) < 4.78 is 0. The van der Waals surface area contributed by atoms with E-state index in [1.54, 1.807) is 6.07 Å². The van der Waals surface area contributed by atoms with Crippen LogP contribution >= 0.6 is 23.2 Å². The van der Waals surface area contributed by atoms with Crippen molar-refractivity contribution in [3.63, 3.8) is 0 Å². The van der Waals surface area contributed by atoms with Crippen LogP contribution in [-0.2, 0) is 17.6 Å². The van der Waals surface area contributed by atoms with Gasteiger partial charge in [0.15, 0.2) is 0 Å². The number of halogens is 2. The third-order valence-electron chi connectivity index (χ3n) is 2.90. The lowest BCUT2D eigenvalue weighted by Crippen LogP contribution is -2.07. The van der Waals surface area contributed by atoms with E-state index in [0.29, 0.717) is 22.9 Å². The Kier molecular flexibility index (Phi) is 4.62. The highest BCUT2D eigenvalue weighted by atomic mass is 35.5. The molecule has 0 aliphatic carbocycles. The van der Waals surface area contributed by atoms with Crippen molar-refractivity contribution in [3.05, 3.63) is 69.2 Å². The average Bonchev–Trinajstić information content (AvgIpc) is 2.35. The Labute approximate surface area is 123 Å². The smallest absolute Gasteiger partial charge is 0.141 e. The van der Waals surface area contributed by atoms with Gasteiger partial charge >= 0.3 is 0 Å². The predicted octanol–water partition coefficient (Wildman–Crippen LogP) is 4.66. The molecule has 0 bridgehead atoms. The molecule has 2 aromatic carbocycles. The minimum atomic E-state index is 0.134. The van der Waals surface area contributed by atoms with Gasteiger partial charge in [-0.3, -0.25) is 4.79 Å². The molecule has 19 heavy (non-hydrogen) atoms. The summed E-state index contributed by atoms with van der Waals surface area (Å²) in [7, 11) is 0. The van der Waals surface area contributed by atoms with Crippen LogP contribution in [0.4, 0.5) is 0 Å². The van der Waals surface area contributed by atoms with E-state index in [-0.39, 0.29) is 5.78 Å². The zero-order valence-electron chi connectivity index (χ0n) is 10.6. The molecule has 0 atom stereocenters. The third-order valence-corrected chi connectivity index (χ3v) is 3.76. The number of hydrogen-bond donors (Lipinski definition) is 0. The van der Waals surface area contributed by atoms with E-state index in [1.165, 1.54) is 0 Å². The first-order chi connectivity index (χ1) is 9.06. The van der Waals surface area contributed by atoms with Gasteiger partial charge in [-0.15, -0.1) is 0 Å². The van der Waals surface area contributed by atoms with Crippen LogP contribution in [0.3, 0.4) is 0 Å². The van der Waals surface area contributed by atoms with Gasteiger partial charge in [-0.2, -0.15) is 0 Å². The van der Waals surface area contributed by atoms with Crippen LogP contribution in [-0.4, -0.2) is 5.78 Å². The highest BCUT2D eigenvalue weighted by Gasteiger charge is 2.10. The van der Waals surface area contributed by atoms with Crippen molar-refractivity contribution in [2.24, 2.45) is 0 Å². The van der Waals surface area contributed by atoms with Gasteiger partial charge in [0.25, 0.3) is 0 Å². The van der Waals surface area contributed by atoms with Gasteiger partial charge in [0, 0.05) is 12.8 Å². The Bertz CT molecular complexity index is 605. The van der Waals surface area contributed by atoms with E-state index < -0.39 is 0 Å². The molecule has 0 fully saturated rings. The van der Waals surface area contributed by atoms with Gasteiger partial charge in [-0.25, -0.2) is 0 Å². The summed E-state index contributed by atoms with van der Waals surface area (Å²) in [6.45, 7) is 2.02. The Balaban J connectivity index is 2.08. The number of ketones is 1. The van der Waals surface area contributed by atoms with Gasteiger partial charge in [0.2, 0.25) is 0 Å². The van der Waals surface area contributed by atoms with Crippen LogP contribution in [0.1, 0.15) is 16.7 Å². The van der Waals surface area contributed by atoms with Crippen molar-refractivity contribution in [3.8, 4) is 0 Å². The lowest BCUT2D eigenvalue weighted by Gasteiger charge is -2.06. The first-order valence-corrected chi connectivity index (χ1v) is 6.82. The molecule has 2 rings (SSSR count). The van der Waals surface area contributed by atoms with Crippen molar-refractivity contribution in [1.82, 2.24) is 0 Å². The molecular formula is C16H14Cl2O. The number of carbonyl (C=O) groups excluding carboxylic acids is 1. The molecule has 0 unspecified atom stereocenters. The summed E-state index contributed by atoms with van der Waals surface area (Å²) in [6, 6.07) is 13.3. The second-order valence-electron chi connectivity index (χ2n) is 4.59. The fourth-order valence-electron chi connectivity index (χ4n) is 2.01. The minimum absolute atomic E-state index is 0.134. The van der Waals surface area contributed by atoms with Gasteiger partial charge in [-0.1, -0.05) is 65.2 Å². The summed E-state index contributed by atoms with van der Waals surface area (Å²) in [5.41, 5.74) is 2.97. The normalized spacial score (nSPS) is 10.5. The first-order valence-electron chi connectivity index (χ1n) is 6.06. The maximum atomic E-state index is 12.1. The van der Waals surface area contributed by atoms with Gasteiger partial charge < -0.3 is 0 Å². The molecule has 0 saturated carbocycles. The van der Waals surface area contributed by atoms with E-state index in [1.807, 2.05) is 43.3 Å². The van der Waals surface area contributed by atoms with E-state index in [0.717, 1.165) is 16.7 Å². The summed E-state index contributed by atoms with van der Waals surface area (Å²) in [5.74, 6) is 0.134. The lowest BCUT2D eigenvalue weighted by molar-refractivity contribution is -0.117. The molecule has 2 aromatic rings. The van der Waals surface area contributed by atoms with E-state index in [4.69, 9.17) is 23.2 Å². The molecule has 1 nitrogen and oxygen atoms in total. The molecule has 0 heterocycles. The van der Waals surface area contributed by atoms with Gasteiger partial charge in [0.05, 0.1) is 10.0 Å². The molecule has 0 N–H and O–H groups in total. The Morgan fingerprint density at radius 3 is 2.53 bits per heavy atom. The summed E-state index contributed by atoms with van der Waals surface area (Å²) in [4.78, 5) is 12.1. The SMILES string of the molecule is Cc1cccc(CC(=O)Cc2cccc(Cl)c2Cl)c1. The minimum Gasteiger partial charge on any atom is -0.299 e. The fraction of sp³-hybridized carbons (Fsp3) is 0.188. The molecule has 3 heteroatoms. The molecule has 0 saturated heterocycles. The summed E-state index contributed by atoms with van der Waals surface area (Å²) >= 11 is 12.0. The molecule has 0 aliphatic rings. The largest absolute Gasteiger partial charge is 0.299 e. The topological polar surface area (TPSA) is 17.1 Å². The van der Waals surface area contributed by atoms with Crippen LogP contribution in [0.2, 0.25) is 10.0 Å². The number of aryl methyl sites for hydroxylation is 1. The van der Waals surface area contributed by atoms with Crippen LogP contribution in [0.25, 0.3) is 0 Å². The highest BCUT2D eigenvalue weighted by Crippen LogP contribution is 2.26. The van der Waals surface area contributed by atoms with Crippen LogP contribution in [0.15, 0.2) is 42.5 Å². The lowest BCUT2D eigenvalue weighted by atomic mass is 10.0. The molecule has 0 aliphatic heterocycles. The number of hydrogen-bond acceptors (Lipinski definition) is 1.